The molecule has 2 amide bonds. The second-order valence-corrected chi connectivity index (χ2v) is 4.55. The number of hydrogen-bond donors (Lipinski definition) is 3. The number of anilines is 1. The summed E-state index contributed by atoms with van der Waals surface area (Å²) in [6.45, 7) is 0.411. The monoisotopic (exact) mass is 288 g/mol. The second kappa shape index (κ2) is 6.56. The number of amides is 2. The summed E-state index contributed by atoms with van der Waals surface area (Å²) in [4.78, 5) is 24.5. The topological polar surface area (TPSA) is 98.3 Å². The molecule has 7 nitrogen and oxygen atoms in total. The number of carbonyl (C=O) groups is 2. The van der Waals surface area contributed by atoms with E-state index < -0.39 is 5.97 Å². The molecular formula is C14H16N4O3. The van der Waals surface area contributed by atoms with Gasteiger partial charge in [-0.2, -0.15) is 5.10 Å². The van der Waals surface area contributed by atoms with Crippen molar-refractivity contribution < 1.29 is 14.7 Å². The van der Waals surface area contributed by atoms with Crippen molar-refractivity contribution in [1.29, 1.82) is 0 Å². The molecule has 110 valence electrons. The van der Waals surface area contributed by atoms with Crippen LogP contribution >= 0.6 is 0 Å². The van der Waals surface area contributed by atoms with Crippen LogP contribution in [0.5, 0.6) is 0 Å². The predicted molar refractivity (Wildman–Crippen MR) is 77.3 cm³/mol. The third kappa shape index (κ3) is 3.82. The number of carboxylic acid groups (broad SMARTS) is 1. The molecule has 0 radical (unpaired) electrons. The molecule has 3 N–H and O–H groups in total. The number of urea groups is 1. The largest absolute Gasteiger partial charge is 0.478 e. The Morgan fingerprint density at radius 3 is 2.81 bits per heavy atom. The average molecular weight is 288 g/mol. The molecule has 0 bridgehead atoms. The van der Waals surface area contributed by atoms with Crippen molar-refractivity contribution in [3.8, 4) is 0 Å². The van der Waals surface area contributed by atoms with E-state index in [1.807, 2.05) is 0 Å². The molecule has 2 rings (SSSR count). The van der Waals surface area contributed by atoms with E-state index in [9.17, 15) is 9.59 Å². The van der Waals surface area contributed by atoms with Crippen LogP contribution in [-0.2, 0) is 6.42 Å². The van der Waals surface area contributed by atoms with Crippen molar-refractivity contribution in [2.45, 2.75) is 6.42 Å². The summed E-state index contributed by atoms with van der Waals surface area (Å²) in [6.07, 6.45) is 3.55. The van der Waals surface area contributed by atoms with Crippen molar-refractivity contribution in [2.75, 3.05) is 18.9 Å². The first kappa shape index (κ1) is 14.6. The van der Waals surface area contributed by atoms with Crippen molar-refractivity contribution >= 4 is 17.7 Å². The van der Waals surface area contributed by atoms with Crippen molar-refractivity contribution in [2.24, 2.45) is 0 Å². The van der Waals surface area contributed by atoms with E-state index in [1.54, 1.807) is 37.5 Å². The number of aromatic amines is 1. The van der Waals surface area contributed by atoms with Crippen molar-refractivity contribution in [1.82, 2.24) is 15.1 Å². The van der Waals surface area contributed by atoms with Crippen molar-refractivity contribution in [3.63, 3.8) is 0 Å². The van der Waals surface area contributed by atoms with Gasteiger partial charge in [-0.15, -0.1) is 0 Å². The number of hydrogen-bond acceptors (Lipinski definition) is 3. The number of benzene rings is 1. The van der Waals surface area contributed by atoms with E-state index in [-0.39, 0.29) is 11.6 Å². The molecule has 0 fully saturated rings. The second-order valence-electron chi connectivity index (χ2n) is 4.55. The fourth-order valence-electron chi connectivity index (χ4n) is 1.87. The van der Waals surface area contributed by atoms with Gasteiger partial charge in [-0.05, 0) is 18.1 Å². The SMILES string of the molecule is CN(CCc1ccccc1C(=O)O)C(=O)Nc1cn[nH]c1. The van der Waals surface area contributed by atoms with E-state index >= 15 is 0 Å². The number of nitrogens with one attached hydrogen (secondary N) is 2. The number of rotatable bonds is 5. The van der Waals surface area contributed by atoms with Crippen LogP contribution in [0.3, 0.4) is 0 Å². The zero-order valence-corrected chi connectivity index (χ0v) is 11.5. The maximum absolute atomic E-state index is 11.9. The van der Waals surface area contributed by atoms with E-state index in [0.29, 0.717) is 24.2 Å². The van der Waals surface area contributed by atoms with Crippen LogP contribution in [0.25, 0.3) is 0 Å². The van der Waals surface area contributed by atoms with Gasteiger partial charge in [0, 0.05) is 19.8 Å². The van der Waals surface area contributed by atoms with Gasteiger partial charge in [-0.3, -0.25) is 5.10 Å². The van der Waals surface area contributed by atoms with E-state index in [4.69, 9.17) is 5.11 Å². The Kier molecular flexibility index (Phi) is 4.55. The lowest BCUT2D eigenvalue weighted by Crippen LogP contribution is -2.33. The molecule has 0 saturated carbocycles. The van der Waals surface area contributed by atoms with E-state index in [2.05, 4.69) is 15.5 Å². The first-order valence-corrected chi connectivity index (χ1v) is 6.40. The van der Waals surface area contributed by atoms with Gasteiger partial charge in [0.2, 0.25) is 0 Å². The highest BCUT2D eigenvalue weighted by Crippen LogP contribution is 2.10. The first-order chi connectivity index (χ1) is 10.1. The maximum Gasteiger partial charge on any atom is 0.335 e. The van der Waals surface area contributed by atoms with Gasteiger partial charge in [-0.1, -0.05) is 18.2 Å². The minimum Gasteiger partial charge on any atom is -0.478 e. The average Bonchev–Trinajstić information content (AvgIpc) is 2.97. The fraction of sp³-hybridized carbons (Fsp3) is 0.214. The van der Waals surface area contributed by atoms with Gasteiger partial charge in [0.05, 0.1) is 17.4 Å². The smallest absolute Gasteiger partial charge is 0.335 e. The highest BCUT2D eigenvalue weighted by atomic mass is 16.4. The molecule has 0 unspecified atom stereocenters. The molecule has 7 heteroatoms. The lowest BCUT2D eigenvalue weighted by atomic mass is 10.0. The lowest BCUT2D eigenvalue weighted by Gasteiger charge is -2.17. The van der Waals surface area contributed by atoms with E-state index in [1.165, 1.54) is 11.1 Å². The number of likely N-dealkylation sites (N-methyl/N-ethyl adjacent to an activating group) is 1. The number of aromatic nitrogens is 2. The Balaban J connectivity index is 1.93. The Labute approximate surface area is 121 Å². The lowest BCUT2D eigenvalue weighted by molar-refractivity contribution is 0.0695. The standard InChI is InChI=1S/C14H16N4O3/c1-18(14(21)17-11-8-15-16-9-11)7-6-10-4-2-3-5-12(10)13(19)20/h2-5,8-9H,6-7H2,1H3,(H,15,16)(H,17,21)(H,19,20). The summed E-state index contributed by atoms with van der Waals surface area (Å²) in [5.41, 5.74) is 1.55. The van der Waals surface area contributed by atoms with Gasteiger partial charge < -0.3 is 15.3 Å². The highest BCUT2D eigenvalue weighted by Gasteiger charge is 2.12. The van der Waals surface area contributed by atoms with Gasteiger partial charge in [-0.25, -0.2) is 9.59 Å². The number of H-pyrrole nitrogens is 1. The first-order valence-electron chi connectivity index (χ1n) is 6.40. The summed E-state index contributed by atoms with van der Waals surface area (Å²) in [6, 6.07) is 6.51. The van der Waals surface area contributed by atoms with Gasteiger partial charge >= 0.3 is 12.0 Å². The number of nitrogens with zero attached hydrogens (tertiary/aromatic N) is 2. The number of aromatic carboxylic acids is 1. The summed E-state index contributed by atoms with van der Waals surface area (Å²) in [7, 11) is 1.65. The summed E-state index contributed by atoms with van der Waals surface area (Å²) in [5.74, 6) is -0.962. The molecule has 0 atom stereocenters. The molecule has 1 aromatic carbocycles. The molecule has 0 aliphatic heterocycles. The van der Waals surface area contributed by atoms with Crippen LogP contribution in [0.2, 0.25) is 0 Å². The minimum absolute atomic E-state index is 0.265. The predicted octanol–water partition coefficient (Wildman–Crippen LogP) is 1.81. The quantitative estimate of drug-likeness (QED) is 0.781. The zero-order valence-electron chi connectivity index (χ0n) is 11.5. The zero-order chi connectivity index (χ0) is 15.2. The van der Waals surface area contributed by atoms with Gasteiger partial charge in [0.25, 0.3) is 0 Å². The minimum atomic E-state index is -0.962. The summed E-state index contributed by atoms with van der Waals surface area (Å²) < 4.78 is 0. The van der Waals surface area contributed by atoms with E-state index in [0.717, 1.165) is 0 Å². The molecule has 1 aromatic heterocycles. The molecule has 0 saturated heterocycles. The Bertz CT molecular complexity index is 625. The summed E-state index contributed by atoms with van der Waals surface area (Å²) in [5, 5.41) is 18.1. The third-order valence-electron chi connectivity index (χ3n) is 3.06. The molecular weight excluding hydrogens is 272 g/mol. The summed E-state index contributed by atoms with van der Waals surface area (Å²) >= 11 is 0. The van der Waals surface area contributed by atoms with Crippen LogP contribution in [0.1, 0.15) is 15.9 Å². The molecule has 0 aliphatic carbocycles. The molecule has 2 aromatic rings. The van der Waals surface area contributed by atoms with Crippen LogP contribution in [0, 0.1) is 0 Å². The molecule has 1 heterocycles. The van der Waals surface area contributed by atoms with Gasteiger partial charge in [0.1, 0.15) is 0 Å². The Morgan fingerprint density at radius 2 is 2.14 bits per heavy atom. The molecule has 0 spiro atoms. The van der Waals surface area contributed by atoms with Crippen LogP contribution in [-0.4, -0.2) is 45.8 Å². The fourth-order valence-corrected chi connectivity index (χ4v) is 1.87. The third-order valence-corrected chi connectivity index (χ3v) is 3.06. The Hall–Kier alpha value is -2.83. The Morgan fingerprint density at radius 1 is 1.38 bits per heavy atom. The normalized spacial score (nSPS) is 10.1. The maximum atomic E-state index is 11.9. The highest BCUT2D eigenvalue weighted by molar-refractivity contribution is 5.90. The molecule has 0 aliphatic rings. The van der Waals surface area contributed by atoms with Crippen LogP contribution in [0.4, 0.5) is 10.5 Å². The van der Waals surface area contributed by atoms with Gasteiger partial charge in [0.15, 0.2) is 0 Å². The number of carboxylic acids is 1. The number of carbonyl (C=O) groups excluding carboxylic acids is 1. The molecule has 21 heavy (non-hydrogen) atoms. The van der Waals surface area contributed by atoms with Crippen LogP contribution in [0.15, 0.2) is 36.7 Å². The van der Waals surface area contributed by atoms with Crippen molar-refractivity contribution in [3.05, 3.63) is 47.8 Å². The van der Waals surface area contributed by atoms with Crippen LogP contribution < -0.4 is 5.32 Å².